The lowest BCUT2D eigenvalue weighted by Crippen LogP contribution is -2.45. The van der Waals surface area contributed by atoms with Gasteiger partial charge in [0.05, 0.1) is 42.7 Å². The zero-order chi connectivity index (χ0) is 19.7. The van der Waals surface area contributed by atoms with Gasteiger partial charge in [-0.25, -0.2) is 4.79 Å². The van der Waals surface area contributed by atoms with Crippen molar-refractivity contribution in [2.45, 2.75) is 19.5 Å². The average molecular weight is 378 g/mol. The van der Waals surface area contributed by atoms with Crippen molar-refractivity contribution in [2.24, 2.45) is 0 Å². The number of carbonyl (C=O) groups excluding carboxylic acids is 2. The Morgan fingerprint density at radius 3 is 2.64 bits per heavy atom. The summed E-state index contributed by atoms with van der Waals surface area (Å²) in [6.07, 6.45) is 1.71. The van der Waals surface area contributed by atoms with Crippen molar-refractivity contribution in [3.05, 3.63) is 71.2 Å². The minimum absolute atomic E-state index is 0.0774. The standard InChI is InChI=1S/C21H22N4O3/c1-3-28-16-9-7-14(8-10-16)19-18-17(24(2)21(27)23-19)13-25(20(18)26)12-15-6-4-5-11-22-15/h4-11,19H,3,12-13H2,1-2H3,(H,23,27). The van der Waals surface area contributed by atoms with Crippen LogP contribution < -0.4 is 10.1 Å². The van der Waals surface area contributed by atoms with E-state index >= 15 is 0 Å². The third-order valence-electron chi connectivity index (χ3n) is 5.04. The normalized spacial score (nSPS) is 19.0. The topological polar surface area (TPSA) is 74.8 Å². The molecule has 7 nitrogen and oxygen atoms in total. The Balaban J connectivity index is 1.63. The first kappa shape index (κ1) is 18.0. The summed E-state index contributed by atoms with van der Waals surface area (Å²) in [5.74, 6) is 0.681. The number of carbonyl (C=O) groups is 2. The molecular weight excluding hydrogens is 356 g/mol. The monoisotopic (exact) mass is 378 g/mol. The quantitative estimate of drug-likeness (QED) is 0.867. The molecule has 0 aliphatic carbocycles. The molecule has 2 aliphatic rings. The summed E-state index contributed by atoms with van der Waals surface area (Å²) in [7, 11) is 1.69. The van der Waals surface area contributed by atoms with Crippen LogP contribution in [0, 0.1) is 0 Å². The maximum atomic E-state index is 13.2. The molecule has 3 amide bonds. The molecule has 2 aliphatic heterocycles. The predicted molar refractivity (Wildman–Crippen MR) is 103 cm³/mol. The van der Waals surface area contributed by atoms with Crippen LogP contribution in [0.1, 0.15) is 24.2 Å². The summed E-state index contributed by atoms with van der Waals surface area (Å²) < 4.78 is 5.49. The number of hydrogen-bond acceptors (Lipinski definition) is 4. The Labute approximate surface area is 163 Å². The first-order valence-corrected chi connectivity index (χ1v) is 9.27. The number of likely N-dealkylation sites (N-methyl/N-ethyl adjacent to an activating group) is 1. The van der Waals surface area contributed by atoms with Crippen molar-refractivity contribution in [3.8, 4) is 5.75 Å². The Morgan fingerprint density at radius 2 is 1.96 bits per heavy atom. The molecule has 0 bridgehead atoms. The van der Waals surface area contributed by atoms with E-state index in [0.29, 0.717) is 25.3 Å². The number of nitrogens with zero attached hydrogens (tertiary/aromatic N) is 3. The van der Waals surface area contributed by atoms with Crippen LogP contribution in [0.2, 0.25) is 0 Å². The fourth-order valence-corrected chi connectivity index (χ4v) is 3.61. The van der Waals surface area contributed by atoms with Crippen LogP contribution in [-0.2, 0) is 11.3 Å². The van der Waals surface area contributed by atoms with E-state index in [2.05, 4.69) is 10.3 Å². The largest absolute Gasteiger partial charge is 0.494 e. The lowest BCUT2D eigenvalue weighted by atomic mass is 9.95. The zero-order valence-corrected chi connectivity index (χ0v) is 15.9. The summed E-state index contributed by atoms with van der Waals surface area (Å²) >= 11 is 0. The Kier molecular flexibility index (Phi) is 4.73. The number of pyridine rings is 1. The zero-order valence-electron chi connectivity index (χ0n) is 15.9. The molecule has 1 N–H and O–H groups in total. The van der Waals surface area contributed by atoms with E-state index in [4.69, 9.17) is 4.74 Å². The summed E-state index contributed by atoms with van der Waals surface area (Å²) in [6.45, 7) is 3.31. The third-order valence-corrected chi connectivity index (χ3v) is 5.04. The van der Waals surface area contributed by atoms with Gasteiger partial charge in [-0.05, 0) is 36.8 Å². The predicted octanol–water partition coefficient (Wildman–Crippen LogP) is 2.47. The van der Waals surface area contributed by atoms with Crippen molar-refractivity contribution in [3.63, 3.8) is 0 Å². The van der Waals surface area contributed by atoms with Crippen LogP contribution >= 0.6 is 0 Å². The van der Waals surface area contributed by atoms with Gasteiger partial charge in [-0.2, -0.15) is 0 Å². The maximum Gasteiger partial charge on any atom is 0.322 e. The van der Waals surface area contributed by atoms with Crippen molar-refractivity contribution >= 4 is 11.9 Å². The van der Waals surface area contributed by atoms with Gasteiger partial charge in [-0.3, -0.25) is 14.7 Å². The van der Waals surface area contributed by atoms with E-state index < -0.39 is 6.04 Å². The van der Waals surface area contributed by atoms with Crippen LogP contribution in [0.5, 0.6) is 5.75 Å². The van der Waals surface area contributed by atoms with Crippen molar-refractivity contribution in [1.29, 1.82) is 0 Å². The molecule has 4 rings (SSSR count). The van der Waals surface area contributed by atoms with Crippen LogP contribution in [0.25, 0.3) is 0 Å². The van der Waals surface area contributed by atoms with Gasteiger partial charge in [0, 0.05) is 13.2 Å². The highest BCUT2D eigenvalue weighted by molar-refractivity contribution is 6.01. The molecule has 0 fully saturated rings. The molecule has 2 aromatic rings. The fourth-order valence-electron chi connectivity index (χ4n) is 3.61. The number of nitrogens with one attached hydrogen (secondary N) is 1. The number of urea groups is 1. The number of benzene rings is 1. The molecule has 1 aromatic carbocycles. The molecule has 144 valence electrons. The molecule has 0 spiro atoms. The lowest BCUT2D eigenvalue weighted by molar-refractivity contribution is -0.126. The summed E-state index contributed by atoms with van der Waals surface area (Å²) in [5.41, 5.74) is 3.02. The SMILES string of the molecule is CCOc1ccc(C2NC(=O)N(C)C3=C2C(=O)N(Cc2ccccn2)C3)cc1. The second-order valence-corrected chi connectivity index (χ2v) is 6.79. The van der Waals surface area contributed by atoms with E-state index in [9.17, 15) is 9.59 Å². The highest BCUT2D eigenvalue weighted by Gasteiger charge is 2.42. The molecule has 3 heterocycles. The molecule has 0 saturated carbocycles. The molecule has 1 unspecified atom stereocenters. The van der Waals surface area contributed by atoms with Gasteiger partial charge in [0.15, 0.2) is 0 Å². The highest BCUT2D eigenvalue weighted by atomic mass is 16.5. The molecule has 28 heavy (non-hydrogen) atoms. The molecule has 1 aromatic heterocycles. The minimum Gasteiger partial charge on any atom is -0.494 e. The van der Waals surface area contributed by atoms with Crippen LogP contribution in [-0.4, -0.2) is 46.9 Å². The van der Waals surface area contributed by atoms with Gasteiger partial charge in [0.2, 0.25) is 0 Å². The van der Waals surface area contributed by atoms with Crippen molar-refractivity contribution in [1.82, 2.24) is 20.1 Å². The summed E-state index contributed by atoms with van der Waals surface area (Å²) in [4.78, 5) is 33.2. The molecule has 7 heteroatoms. The second-order valence-electron chi connectivity index (χ2n) is 6.79. The van der Waals surface area contributed by atoms with Gasteiger partial charge in [0.25, 0.3) is 5.91 Å². The van der Waals surface area contributed by atoms with E-state index in [1.807, 2.05) is 49.4 Å². The molecular formula is C21H22N4O3. The van der Waals surface area contributed by atoms with Gasteiger partial charge < -0.3 is 15.0 Å². The number of ether oxygens (including phenoxy) is 1. The number of amides is 3. The molecule has 1 atom stereocenters. The van der Waals surface area contributed by atoms with E-state index in [0.717, 1.165) is 22.7 Å². The highest BCUT2D eigenvalue weighted by Crippen LogP contribution is 2.36. The van der Waals surface area contributed by atoms with E-state index in [1.54, 1.807) is 18.1 Å². The van der Waals surface area contributed by atoms with Gasteiger partial charge in [-0.1, -0.05) is 18.2 Å². The van der Waals surface area contributed by atoms with Gasteiger partial charge in [-0.15, -0.1) is 0 Å². The van der Waals surface area contributed by atoms with Crippen LogP contribution in [0.4, 0.5) is 4.79 Å². The van der Waals surface area contributed by atoms with Crippen molar-refractivity contribution < 1.29 is 14.3 Å². The number of aromatic nitrogens is 1. The van der Waals surface area contributed by atoms with E-state index in [1.165, 1.54) is 4.90 Å². The average Bonchev–Trinajstić information content (AvgIpc) is 3.03. The Hall–Kier alpha value is -3.35. The summed E-state index contributed by atoms with van der Waals surface area (Å²) in [5, 5.41) is 2.95. The third kappa shape index (κ3) is 3.19. The minimum atomic E-state index is -0.476. The lowest BCUT2D eigenvalue weighted by Gasteiger charge is -2.31. The fraction of sp³-hybridized carbons (Fsp3) is 0.286. The van der Waals surface area contributed by atoms with E-state index in [-0.39, 0.29) is 11.9 Å². The Bertz CT molecular complexity index is 924. The molecule has 0 saturated heterocycles. The Morgan fingerprint density at radius 1 is 1.18 bits per heavy atom. The smallest absolute Gasteiger partial charge is 0.322 e. The van der Waals surface area contributed by atoms with Crippen LogP contribution in [0.3, 0.4) is 0 Å². The first-order chi connectivity index (χ1) is 13.6. The van der Waals surface area contributed by atoms with Gasteiger partial charge >= 0.3 is 6.03 Å². The summed E-state index contributed by atoms with van der Waals surface area (Å²) in [6, 6.07) is 12.4. The van der Waals surface area contributed by atoms with Crippen molar-refractivity contribution in [2.75, 3.05) is 20.2 Å². The number of hydrogen-bond donors (Lipinski definition) is 1. The second kappa shape index (κ2) is 7.34. The number of rotatable bonds is 5. The van der Waals surface area contributed by atoms with Gasteiger partial charge in [0.1, 0.15) is 5.75 Å². The molecule has 0 radical (unpaired) electrons. The first-order valence-electron chi connectivity index (χ1n) is 9.27. The maximum absolute atomic E-state index is 13.2. The van der Waals surface area contributed by atoms with Crippen LogP contribution in [0.15, 0.2) is 59.9 Å².